The van der Waals surface area contributed by atoms with Gasteiger partial charge in [0.25, 0.3) is 0 Å². The van der Waals surface area contributed by atoms with Crippen molar-refractivity contribution >= 4 is 28.9 Å². The summed E-state index contributed by atoms with van der Waals surface area (Å²) >= 11 is 0. The minimum atomic E-state index is -0.800. The number of nitriles is 1. The van der Waals surface area contributed by atoms with Gasteiger partial charge in [-0.1, -0.05) is 42.5 Å². The third kappa shape index (κ3) is 4.86. The summed E-state index contributed by atoms with van der Waals surface area (Å²) in [5.74, 6) is -1.54. The Kier molecular flexibility index (Phi) is 6.79. The van der Waals surface area contributed by atoms with Crippen LogP contribution in [-0.2, 0) is 16.0 Å². The van der Waals surface area contributed by atoms with Gasteiger partial charge in [-0.3, -0.25) is 9.59 Å². The lowest BCUT2D eigenvalue weighted by Gasteiger charge is -2.31. The van der Waals surface area contributed by atoms with Gasteiger partial charge in [0.15, 0.2) is 0 Å². The first kappa shape index (κ1) is 22.9. The molecular formula is C27H27N5O2. The first-order valence-electron chi connectivity index (χ1n) is 11.2. The second-order valence-corrected chi connectivity index (χ2v) is 8.40. The molecule has 7 nitrogen and oxygen atoms in total. The van der Waals surface area contributed by atoms with Crippen LogP contribution in [0.1, 0.15) is 22.7 Å². The normalized spacial score (nSPS) is 12.9. The molecule has 7 heteroatoms. The van der Waals surface area contributed by atoms with E-state index < -0.39 is 11.8 Å². The Hall–Kier alpha value is -4.31. The van der Waals surface area contributed by atoms with Gasteiger partial charge in [0, 0.05) is 38.6 Å². The van der Waals surface area contributed by atoms with E-state index in [1.54, 1.807) is 24.3 Å². The van der Waals surface area contributed by atoms with Gasteiger partial charge < -0.3 is 20.4 Å². The van der Waals surface area contributed by atoms with Crippen LogP contribution >= 0.6 is 0 Å². The van der Waals surface area contributed by atoms with Crippen LogP contribution in [0.4, 0.5) is 17.1 Å². The van der Waals surface area contributed by atoms with Crippen molar-refractivity contribution in [2.24, 2.45) is 0 Å². The fraction of sp³-hybridized carbons (Fsp3) is 0.222. The minimum absolute atomic E-state index is 0.136. The molecule has 1 atom stereocenters. The zero-order valence-electron chi connectivity index (χ0n) is 19.3. The van der Waals surface area contributed by atoms with Crippen molar-refractivity contribution in [1.82, 2.24) is 5.32 Å². The van der Waals surface area contributed by atoms with Gasteiger partial charge >= 0.3 is 11.8 Å². The summed E-state index contributed by atoms with van der Waals surface area (Å²) in [4.78, 5) is 29.5. The number of benzene rings is 3. The SMILES string of the molecule is CN(C)c1ccc([C@H](CNC(=O)C(=O)Nc2ccccc2C#N)N2CCc3ccccc32)cc1. The zero-order valence-corrected chi connectivity index (χ0v) is 19.3. The molecular weight excluding hydrogens is 426 g/mol. The Bertz CT molecular complexity index is 1230. The van der Waals surface area contributed by atoms with Crippen molar-refractivity contribution in [3.05, 3.63) is 89.5 Å². The predicted octanol–water partition coefficient (Wildman–Crippen LogP) is 3.48. The van der Waals surface area contributed by atoms with Crippen LogP contribution in [-0.4, -0.2) is 39.0 Å². The lowest BCUT2D eigenvalue weighted by atomic mass is 10.0. The maximum atomic E-state index is 12.7. The molecule has 0 bridgehead atoms. The Labute approximate surface area is 199 Å². The molecule has 0 spiro atoms. The standard InChI is InChI=1S/C27H27N5O2/c1-31(2)22-13-11-20(12-14-22)25(32-16-15-19-7-4-6-10-24(19)32)18-29-26(33)27(34)30-23-9-5-3-8-21(23)17-28/h3-14,25H,15-16,18H2,1-2H3,(H,29,33)(H,30,34)/t25-/m0/s1. The average molecular weight is 454 g/mol. The van der Waals surface area contributed by atoms with E-state index in [1.807, 2.05) is 37.2 Å². The Morgan fingerprint density at radius 2 is 1.71 bits per heavy atom. The number of amides is 2. The lowest BCUT2D eigenvalue weighted by molar-refractivity contribution is -0.136. The number of anilines is 3. The highest BCUT2D eigenvalue weighted by Crippen LogP contribution is 2.35. The molecule has 0 aromatic heterocycles. The second-order valence-electron chi connectivity index (χ2n) is 8.40. The summed E-state index contributed by atoms with van der Waals surface area (Å²) in [6, 6.07) is 25.0. The number of nitrogens with one attached hydrogen (secondary N) is 2. The monoisotopic (exact) mass is 453 g/mol. The largest absolute Gasteiger partial charge is 0.378 e. The highest BCUT2D eigenvalue weighted by atomic mass is 16.2. The Morgan fingerprint density at radius 1 is 1.00 bits per heavy atom. The number of rotatable bonds is 6. The molecule has 3 aromatic rings. The molecule has 0 saturated carbocycles. The average Bonchev–Trinajstić information content (AvgIpc) is 3.28. The van der Waals surface area contributed by atoms with Crippen molar-refractivity contribution < 1.29 is 9.59 Å². The molecule has 0 radical (unpaired) electrons. The molecule has 4 rings (SSSR count). The predicted molar refractivity (Wildman–Crippen MR) is 134 cm³/mol. The van der Waals surface area contributed by atoms with Crippen LogP contribution in [0.25, 0.3) is 0 Å². The number of hydrogen-bond donors (Lipinski definition) is 2. The van der Waals surface area contributed by atoms with E-state index in [0.29, 0.717) is 11.3 Å². The molecule has 0 saturated heterocycles. The number of nitrogens with zero attached hydrogens (tertiary/aromatic N) is 3. The molecule has 0 unspecified atom stereocenters. The summed E-state index contributed by atoms with van der Waals surface area (Å²) < 4.78 is 0. The van der Waals surface area contributed by atoms with Crippen LogP contribution < -0.4 is 20.4 Å². The maximum Gasteiger partial charge on any atom is 0.313 e. The van der Waals surface area contributed by atoms with Crippen molar-refractivity contribution in [3.8, 4) is 6.07 Å². The van der Waals surface area contributed by atoms with Gasteiger partial charge in [0.2, 0.25) is 0 Å². The number of hydrogen-bond acceptors (Lipinski definition) is 5. The summed E-state index contributed by atoms with van der Waals surface area (Å²) in [7, 11) is 3.99. The fourth-order valence-electron chi connectivity index (χ4n) is 4.23. The van der Waals surface area contributed by atoms with E-state index in [0.717, 1.165) is 29.9 Å². The van der Waals surface area contributed by atoms with Gasteiger partial charge in [0.1, 0.15) is 6.07 Å². The molecule has 1 heterocycles. The smallest absolute Gasteiger partial charge is 0.313 e. The van der Waals surface area contributed by atoms with E-state index in [2.05, 4.69) is 51.9 Å². The third-order valence-corrected chi connectivity index (χ3v) is 6.05. The molecule has 1 aliphatic heterocycles. The van der Waals surface area contributed by atoms with Crippen molar-refractivity contribution in [3.63, 3.8) is 0 Å². The van der Waals surface area contributed by atoms with E-state index in [9.17, 15) is 14.9 Å². The number of para-hydroxylation sites is 2. The van der Waals surface area contributed by atoms with Gasteiger partial charge in [-0.25, -0.2) is 0 Å². The van der Waals surface area contributed by atoms with Crippen LogP contribution in [0.5, 0.6) is 0 Å². The van der Waals surface area contributed by atoms with E-state index in [1.165, 1.54) is 5.56 Å². The summed E-state index contributed by atoms with van der Waals surface area (Å²) in [6.45, 7) is 1.10. The Balaban J connectivity index is 1.52. The minimum Gasteiger partial charge on any atom is -0.378 e. The topological polar surface area (TPSA) is 88.5 Å². The van der Waals surface area contributed by atoms with Gasteiger partial charge in [-0.15, -0.1) is 0 Å². The fourth-order valence-corrected chi connectivity index (χ4v) is 4.23. The van der Waals surface area contributed by atoms with E-state index in [-0.39, 0.29) is 12.6 Å². The Morgan fingerprint density at radius 3 is 2.44 bits per heavy atom. The van der Waals surface area contributed by atoms with Crippen LogP contribution in [0.3, 0.4) is 0 Å². The molecule has 3 aromatic carbocycles. The number of carbonyl (C=O) groups excluding carboxylic acids is 2. The molecule has 2 amide bonds. The highest BCUT2D eigenvalue weighted by Gasteiger charge is 2.28. The molecule has 0 fully saturated rings. The molecule has 1 aliphatic rings. The maximum absolute atomic E-state index is 12.7. The molecule has 0 aliphatic carbocycles. The van der Waals surface area contributed by atoms with E-state index >= 15 is 0 Å². The number of carbonyl (C=O) groups is 2. The van der Waals surface area contributed by atoms with E-state index in [4.69, 9.17) is 0 Å². The first-order valence-corrected chi connectivity index (χ1v) is 11.2. The first-order chi connectivity index (χ1) is 16.5. The van der Waals surface area contributed by atoms with Crippen LogP contribution in [0.15, 0.2) is 72.8 Å². The van der Waals surface area contributed by atoms with Crippen molar-refractivity contribution in [1.29, 1.82) is 5.26 Å². The quantitative estimate of drug-likeness (QED) is 0.558. The summed E-state index contributed by atoms with van der Waals surface area (Å²) in [6.07, 6.45) is 0.932. The summed E-state index contributed by atoms with van der Waals surface area (Å²) in [5.41, 5.74) is 5.17. The third-order valence-electron chi connectivity index (χ3n) is 6.05. The lowest BCUT2D eigenvalue weighted by Crippen LogP contribution is -2.41. The number of fused-ring (bicyclic) bond motifs is 1. The van der Waals surface area contributed by atoms with Gasteiger partial charge in [-0.2, -0.15) is 5.26 Å². The molecule has 34 heavy (non-hydrogen) atoms. The molecule has 2 N–H and O–H groups in total. The van der Waals surface area contributed by atoms with Gasteiger partial charge in [0.05, 0.1) is 17.3 Å². The van der Waals surface area contributed by atoms with Crippen molar-refractivity contribution in [2.75, 3.05) is 42.3 Å². The second kappa shape index (κ2) is 10.1. The van der Waals surface area contributed by atoms with Crippen molar-refractivity contribution in [2.45, 2.75) is 12.5 Å². The van der Waals surface area contributed by atoms with Crippen LogP contribution in [0.2, 0.25) is 0 Å². The summed E-state index contributed by atoms with van der Waals surface area (Å²) in [5, 5.41) is 14.6. The van der Waals surface area contributed by atoms with Gasteiger partial charge in [-0.05, 0) is 47.9 Å². The van der Waals surface area contributed by atoms with Crippen LogP contribution in [0, 0.1) is 11.3 Å². The molecule has 172 valence electrons. The highest BCUT2D eigenvalue weighted by molar-refractivity contribution is 6.39. The zero-order chi connectivity index (χ0) is 24.1.